The summed E-state index contributed by atoms with van der Waals surface area (Å²) in [5.74, 6) is -0.0622. The topological polar surface area (TPSA) is 253 Å². The van der Waals surface area contributed by atoms with Crippen molar-refractivity contribution in [1.82, 2.24) is 10.4 Å². The summed E-state index contributed by atoms with van der Waals surface area (Å²) in [5, 5.41) is 43.3. The second kappa shape index (κ2) is 31.2. The van der Waals surface area contributed by atoms with E-state index >= 15 is 0 Å². The quantitative estimate of drug-likeness (QED) is 0.0157. The number of phosphoric acid groups is 2. The van der Waals surface area contributed by atoms with Crippen molar-refractivity contribution in [3.8, 4) is 24.3 Å². The molecule has 0 radical (unpaired) electrons. The lowest BCUT2D eigenvalue weighted by atomic mass is 10.0. The molecule has 2 saturated heterocycles. The average Bonchev–Trinajstić information content (AvgIpc) is 3.97. The van der Waals surface area contributed by atoms with E-state index in [0.29, 0.717) is 73.0 Å². The van der Waals surface area contributed by atoms with E-state index in [-0.39, 0.29) is 70.7 Å². The average molecular weight is 1190 g/mol. The zero-order valence-electron chi connectivity index (χ0n) is 41.3. The number of rotatable bonds is 32. The fourth-order valence-electron chi connectivity index (χ4n) is 8.36. The minimum Gasteiger partial charge on any atom is -0.330 e. The normalized spacial score (nSPS) is 18.9. The van der Waals surface area contributed by atoms with Gasteiger partial charge in [0.1, 0.15) is 24.4 Å². The lowest BCUT2D eigenvalue weighted by molar-refractivity contribution is -0.272. The Morgan fingerprint density at radius 2 is 1.03 bits per heavy atom. The first-order chi connectivity index (χ1) is 37.2. The molecular weight excluding hydrogens is 1140 g/mol. The van der Waals surface area contributed by atoms with Gasteiger partial charge in [0.25, 0.3) is 0 Å². The third-order valence-corrected chi connectivity index (χ3v) is 17.8. The second-order valence-corrected chi connectivity index (χ2v) is 23.4. The Morgan fingerprint density at radius 1 is 0.610 bits per heavy atom. The predicted molar refractivity (Wildman–Crippen MR) is 287 cm³/mol. The summed E-state index contributed by atoms with van der Waals surface area (Å²) in [5.41, 5.74) is 1.45. The number of thioether (sulfide) groups is 1. The van der Waals surface area contributed by atoms with Crippen LogP contribution in [0.25, 0.3) is 0 Å². The van der Waals surface area contributed by atoms with E-state index in [4.69, 9.17) is 83.4 Å². The molecule has 0 bridgehead atoms. The minimum atomic E-state index is -4.92. The molecule has 4 aromatic rings. The molecule has 2 amide bonds. The summed E-state index contributed by atoms with van der Waals surface area (Å²) in [4.78, 5) is 36.4. The number of benzene rings is 4. The molecule has 77 heavy (non-hydrogen) atoms. The van der Waals surface area contributed by atoms with Crippen LogP contribution in [0.3, 0.4) is 0 Å². The molecule has 18 nitrogen and oxygen atoms in total. The van der Waals surface area contributed by atoms with E-state index in [0.717, 1.165) is 5.06 Å². The van der Waals surface area contributed by atoms with E-state index in [2.05, 4.69) is 5.32 Å². The molecule has 2 aliphatic heterocycles. The SMILES string of the molecule is N#CCC(OP(=O)(OCCCCCCOOC(=O)CCCC[C@H]1SC[C@H]2NC(=O)N(OP(=O)(OC(CC#N)c3ccccc3Cl)OC(CC#N)c3ccccc3Cl)[C@H]21)OC(CC#N)c1ccccc1Cl)c1ccccc1Cl. The van der Waals surface area contributed by atoms with Gasteiger partial charge in [-0.3, -0.25) is 27.5 Å². The number of phosphoric ester groups is 2. The predicted octanol–water partition coefficient (Wildman–Crippen LogP) is 14.9. The van der Waals surface area contributed by atoms with E-state index in [9.17, 15) is 39.8 Å². The van der Waals surface area contributed by atoms with E-state index < -0.39 is 64.1 Å². The number of urea groups is 1. The molecule has 4 unspecified atom stereocenters. The van der Waals surface area contributed by atoms with E-state index in [1.54, 1.807) is 109 Å². The largest absolute Gasteiger partial charge is 0.497 e. The van der Waals surface area contributed by atoms with Crippen LogP contribution < -0.4 is 5.32 Å². The van der Waals surface area contributed by atoms with Crippen LogP contribution in [0.1, 0.15) is 124 Å². The number of nitrogens with zero attached hydrogens (tertiary/aromatic N) is 5. The van der Waals surface area contributed by atoms with Crippen molar-refractivity contribution in [3.05, 3.63) is 139 Å². The van der Waals surface area contributed by atoms with Gasteiger partial charge in [0.2, 0.25) is 0 Å². The number of hydrogen-bond acceptors (Lipinski definition) is 17. The fraction of sp³-hybridized carbons (Fsp3) is 0.423. The Morgan fingerprint density at radius 3 is 1.45 bits per heavy atom. The lowest BCUT2D eigenvalue weighted by Crippen LogP contribution is -2.40. The summed E-state index contributed by atoms with van der Waals surface area (Å²) >= 11 is 27.4. The van der Waals surface area contributed by atoms with Gasteiger partial charge in [-0.15, -0.1) is 0 Å². The highest BCUT2D eigenvalue weighted by Crippen LogP contribution is 2.61. The number of nitriles is 4. The minimum absolute atomic E-state index is 0.0450. The van der Waals surface area contributed by atoms with Crippen LogP contribution in [-0.4, -0.2) is 53.4 Å². The molecule has 0 saturated carbocycles. The number of carbonyl (C=O) groups is 2. The first kappa shape index (κ1) is 61.5. The third kappa shape index (κ3) is 18.1. The maximum absolute atomic E-state index is 15.0. The van der Waals surface area contributed by atoms with Gasteiger partial charge < -0.3 is 5.32 Å². The second-order valence-electron chi connectivity index (χ2n) is 17.4. The molecule has 4 aromatic carbocycles. The number of amides is 2. The smallest absolute Gasteiger partial charge is 0.330 e. The van der Waals surface area contributed by atoms with Gasteiger partial charge in [0, 0.05) is 59.8 Å². The van der Waals surface area contributed by atoms with Crippen molar-refractivity contribution in [1.29, 1.82) is 21.0 Å². The Kier molecular flexibility index (Phi) is 24.9. The summed E-state index contributed by atoms with van der Waals surface area (Å²) in [6.07, 6.45) is -2.06. The van der Waals surface area contributed by atoms with Gasteiger partial charge in [-0.2, -0.15) is 47.4 Å². The molecule has 0 aliphatic carbocycles. The molecule has 7 atom stereocenters. The molecule has 408 valence electrons. The maximum atomic E-state index is 15.0. The van der Waals surface area contributed by atoms with Crippen molar-refractivity contribution in [3.63, 3.8) is 0 Å². The molecular formula is C52H54Cl4N6O12P2S. The van der Waals surface area contributed by atoms with Crippen LogP contribution in [0.4, 0.5) is 4.79 Å². The van der Waals surface area contributed by atoms with E-state index in [1.165, 1.54) is 0 Å². The number of hydroxylamine groups is 2. The highest BCUT2D eigenvalue weighted by molar-refractivity contribution is 8.00. The maximum Gasteiger partial charge on any atom is 0.497 e. The zero-order chi connectivity index (χ0) is 55.2. The van der Waals surface area contributed by atoms with Gasteiger partial charge in [-0.1, -0.05) is 138 Å². The van der Waals surface area contributed by atoms with Crippen molar-refractivity contribution >= 4 is 85.8 Å². The molecule has 0 spiro atoms. The number of unbranched alkanes of at least 4 members (excludes halogenated alkanes) is 4. The van der Waals surface area contributed by atoms with Gasteiger partial charge in [-0.05, 0) is 49.9 Å². The number of halogens is 4. The van der Waals surface area contributed by atoms with Gasteiger partial charge >= 0.3 is 27.6 Å². The highest BCUT2D eigenvalue weighted by Gasteiger charge is 2.53. The fourth-order valence-corrected chi connectivity index (χ4v) is 14.0. The molecule has 0 aromatic heterocycles. The van der Waals surface area contributed by atoms with Crippen LogP contribution in [0.15, 0.2) is 97.1 Å². The highest BCUT2D eigenvalue weighted by atomic mass is 35.5. The molecule has 2 heterocycles. The molecule has 6 rings (SSSR count). The Labute approximate surface area is 471 Å². The molecule has 25 heteroatoms. The Balaban J connectivity index is 0.967. The van der Waals surface area contributed by atoms with Crippen LogP contribution >= 0.6 is 73.8 Å². The van der Waals surface area contributed by atoms with Crippen LogP contribution in [-0.2, 0) is 50.9 Å². The van der Waals surface area contributed by atoms with Crippen LogP contribution in [0, 0.1) is 45.3 Å². The standard InChI is InChI=1S/C52H54Cl4N6O12P2S/c53-40-19-7-3-15-36(40)45(25-29-57)70-75(65,71-46(26-30-58)37-16-4-8-20-41(37)54)68-34-14-2-1-13-33-67-69-50(63)24-12-11-23-49-51-44(35-77-49)61-52(64)62(51)74-76(66,72-47(27-31-59)38-17-5-9-21-42(38)55)73-48(28-32-60)39-18-6-10-22-43(39)56/h3-10,15-22,44-49,51H,1-2,11-14,23-28,33-35H2,(H,61,64)/t44-,45?,46?,47?,48?,49-,51-,75?,76?/m1/s1. The number of carbonyl (C=O) groups excluding carboxylic acids is 2. The summed E-state index contributed by atoms with van der Waals surface area (Å²) < 4.78 is 65.2. The first-order valence-corrected chi connectivity index (χ1v) is 30.0. The van der Waals surface area contributed by atoms with E-state index in [1.807, 2.05) is 24.3 Å². The van der Waals surface area contributed by atoms with Crippen molar-refractivity contribution in [2.45, 2.75) is 119 Å². The van der Waals surface area contributed by atoms with Crippen molar-refractivity contribution < 1.29 is 55.7 Å². The third-order valence-electron chi connectivity index (χ3n) is 12.0. The van der Waals surface area contributed by atoms with Crippen LogP contribution in [0.5, 0.6) is 0 Å². The first-order valence-electron chi connectivity index (χ1n) is 24.5. The number of nitrogens with one attached hydrogen (secondary N) is 1. The van der Waals surface area contributed by atoms with Crippen LogP contribution in [0.2, 0.25) is 20.1 Å². The zero-order valence-corrected chi connectivity index (χ0v) is 47.0. The molecule has 1 N–H and O–H groups in total. The molecule has 2 fully saturated rings. The van der Waals surface area contributed by atoms with Gasteiger partial charge in [0.05, 0.1) is 75.3 Å². The number of hydrogen-bond donors (Lipinski definition) is 1. The Hall–Kier alpha value is -4.73. The Bertz CT molecular complexity index is 2760. The number of fused-ring (bicyclic) bond motifs is 1. The van der Waals surface area contributed by atoms with Crippen molar-refractivity contribution in [2.24, 2.45) is 0 Å². The summed E-state index contributed by atoms with van der Waals surface area (Å²) in [6.45, 7) is 0.0430. The molecule has 2 aliphatic rings. The van der Waals surface area contributed by atoms with Crippen molar-refractivity contribution in [2.75, 3.05) is 19.0 Å². The van der Waals surface area contributed by atoms with Gasteiger partial charge in [0.15, 0.2) is 0 Å². The summed E-state index contributed by atoms with van der Waals surface area (Å²) in [6, 6.07) is 32.6. The monoisotopic (exact) mass is 1190 g/mol. The lowest BCUT2D eigenvalue weighted by Gasteiger charge is -2.32. The van der Waals surface area contributed by atoms with Gasteiger partial charge in [-0.25, -0.2) is 18.7 Å². The summed E-state index contributed by atoms with van der Waals surface area (Å²) in [7, 11) is -9.40.